The Labute approximate surface area is 238 Å². The molecule has 2 aromatic carbocycles. The fourth-order valence-electron chi connectivity index (χ4n) is 4.38. The number of hydrogen-bond donors (Lipinski definition) is 2. The van der Waals surface area contributed by atoms with Crippen molar-refractivity contribution < 1.29 is 35.9 Å². The van der Waals surface area contributed by atoms with Gasteiger partial charge in [-0.1, -0.05) is 6.92 Å². The van der Waals surface area contributed by atoms with Crippen LogP contribution < -0.4 is 9.46 Å². The first-order valence-corrected chi connectivity index (χ1v) is 15.6. The number of amides is 1. The number of hydrogen-bond acceptors (Lipinski definition) is 8. The molecule has 1 amide bonds. The van der Waals surface area contributed by atoms with E-state index >= 15 is 0 Å². The number of aromatic nitrogens is 2. The molecule has 1 aromatic heterocycles. The number of likely N-dealkylation sites (N-methyl/N-ethyl adjacent to an activating group) is 1. The van der Waals surface area contributed by atoms with Crippen molar-refractivity contribution in [3.8, 4) is 5.75 Å². The maximum Gasteiger partial charge on any atom is 0.280 e. The summed E-state index contributed by atoms with van der Waals surface area (Å²) in [6, 6.07) is 8.08. The number of halogens is 1. The maximum absolute atomic E-state index is 13.6. The molecule has 0 radical (unpaired) electrons. The SMILES string of the molecule is C[C@H]1CN([C@@H](C)CO)C(=O)c2cc(NS(=O)(=O)c3cn(C)cn3)ccc2O[C@@H]1CN(C)S(=O)(=O)c1ccc(F)cc1. The molecule has 222 valence electrons. The van der Waals surface area contributed by atoms with Crippen molar-refractivity contribution in [1.29, 1.82) is 0 Å². The van der Waals surface area contributed by atoms with E-state index in [1.54, 1.807) is 20.9 Å². The molecular formula is C26H32FN5O7S2. The molecule has 0 fully saturated rings. The number of rotatable bonds is 9. The molecule has 4 rings (SSSR count). The van der Waals surface area contributed by atoms with Crippen LogP contribution in [0.3, 0.4) is 0 Å². The molecule has 1 aliphatic rings. The first kappa shape index (κ1) is 30.4. The van der Waals surface area contributed by atoms with Gasteiger partial charge >= 0.3 is 0 Å². The van der Waals surface area contributed by atoms with E-state index < -0.39 is 43.9 Å². The highest BCUT2D eigenvalue weighted by Gasteiger charge is 2.35. The third-order valence-electron chi connectivity index (χ3n) is 6.83. The number of ether oxygens (including phenoxy) is 1. The average Bonchev–Trinajstić information content (AvgIpc) is 3.38. The van der Waals surface area contributed by atoms with Gasteiger partial charge < -0.3 is 19.3 Å². The normalized spacial score (nSPS) is 18.8. The van der Waals surface area contributed by atoms with Crippen LogP contribution in [0.2, 0.25) is 0 Å². The van der Waals surface area contributed by atoms with E-state index in [0.717, 1.165) is 16.4 Å². The highest BCUT2D eigenvalue weighted by Crippen LogP contribution is 2.32. The van der Waals surface area contributed by atoms with Gasteiger partial charge in [-0.3, -0.25) is 9.52 Å². The van der Waals surface area contributed by atoms with Crippen molar-refractivity contribution in [3.63, 3.8) is 0 Å². The number of fused-ring (bicyclic) bond motifs is 1. The zero-order valence-corrected chi connectivity index (χ0v) is 24.6. The van der Waals surface area contributed by atoms with Crippen LogP contribution in [-0.4, -0.2) is 85.5 Å². The van der Waals surface area contributed by atoms with Crippen LogP contribution in [0, 0.1) is 11.7 Å². The molecule has 12 nitrogen and oxygen atoms in total. The highest BCUT2D eigenvalue weighted by atomic mass is 32.2. The average molecular weight is 610 g/mol. The van der Waals surface area contributed by atoms with Crippen molar-refractivity contribution in [2.75, 3.05) is 31.5 Å². The summed E-state index contributed by atoms with van der Waals surface area (Å²) in [5, 5.41) is 9.66. The van der Waals surface area contributed by atoms with Crippen LogP contribution in [0.5, 0.6) is 5.75 Å². The monoisotopic (exact) mass is 609 g/mol. The summed E-state index contributed by atoms with van der Waals surface area (Å²) in [6.07, 6.45) is 1.93. The van der Waals surface area contributed by atoms with Gasteiger partial charge in [-0.2, -0.15) is 12.7 Å². The van der Waals surface area contributed by atoms with Gasteiger partial charge in [0.25, 0.3) is 15.9 Å². The summed E-state index contributed by atoms with van der Waals surface area (Å²) in [7, 11) is -5.04. The number of aryl methyl sites for hydroxylation is 1. The van der Waals surface area contributed by atoms with Gasteiger partial charge in [-0.25, -0.2) is 17.8 Å². The molecule has 0 spiro atoms. The Kier molecular flexibility index (Phi) is 8.73. The molecule has 1 aliphatic heterocycles. The molecule has 0 unspecified atom stereocenters. The second-order valence-corrected chi connectivity index (χ2v) is 13.7. The lowest BCUT2D eigenvalue weighted by molar-refractivity contribution is 0.0387. The second-order valence-electron chi connectivity index (χ2n) is 10.1. The molecule has 2 N–H and O–H groups in total. The number of benzene rings is 2. The Morgan fingerprint density at radius 3 is 2.49 bits per heavy atom. The maximum atomic E-state index is 13.6. The van der Waals surface area contributed by atoms with Gasteiger partial charge in [0.15, 0.2) is 5.03 Å². The van der Waals surface area contributed by atoms with Crippen molar-refractivity contribution in [3.05, 3.63) is 66.4 Å². The summed E-state index contributed by atoms with van der Waals surface area (Å²) in [6.45, 7) is 3.15. The van der Waals surface area contributed by atoms with Gasteiger partial charge in [0, 0.05) is 38.4 Å². The van der Waals surface area contributed by atoms with Crippen LogP contribution in [-0.2, 0) is 27.1 Å². The largest absolute Gasteiger partial charge is 0.488 e. The number of aliphatic hydroxyl groups is 1. The summed E-state index contributed by atoms with van der Waals surface area (Å²) in [5.41, 5.74) is 0.122. The highest BCUT2D eigenvalue weighted by molar-refractivity contribution is 7.92. The number of nitrogens with one attached hydrogen (secondary N) is 1. The van der Waals surface area contributed by atoms with Crippen molar-refractivity contribution >= 4 is 31.6 Å². The Balaban J connectivity index is 1.68. The number of carbonyl (C=O) groups excluding carboxylic acids is 1. The van der Waals surface area contributed by atoms with Gasteiger partial charge in [0.2, 0.25) is 10.0 Å². The second kappa shape index (κ2) is 11.8. The number of nitrogens with zero attached hydrogens (tertiary/aromatic N) is 4. The van der Waals surface area contributed by atoms with Crippen LogP contribution in [0.15, 0.2) is 64.9 Å². The molecule has 2 heterocycles. The van der Waals surface area contributed by atoms with Gasteiger partial charge in [-0.15, -0.1) is 0 Å². The molecular weight excluding hydrogens is 577 g/mol. The number of imidazole rings is 1. The van der Waals surface area contributed by atoms with Crippen LogP contribution >= 0.6 is 0 Å². The Morgan fingerprint density at radius 2 is 1.88 bits per heavy atom. The number of anilines is 1. The standard InChI is InChI=1S/C26H32FN5O7S2/c1-17-12-32(18(2)15-33)26(34)22-11-20(29-40(35,36)25-14-30(3)16-28-25)7-10-23(22)39-24(17)13-31(4)41(37,38)21-8-5-19(27)6-9-21/h5-11,14,16-18,24,29,33H,12-13,15H2,1-4H3/t17-,18-,24+/m0/s1. The third kappa shape index (κ3) is 6.53. The van der Waals surface area contributed by atoms with Crippen LogP contribution in [0.4, 0.5) is 10.1 Å². The molecule has 3 atom stereocenters. The fourth-order valence-corrected chi connectivity index (χ4v) is 6.59. The van der Waals surface area contributed by atoms with E-state index in [9.17, 15) is 31.1 Å². The minimum atomic E-state index is -4.05. The van der Waals surface area contributed by atoms with E-state index in [4.69, 9.17) is 4.74 Å². The van der Waals surface area contributed by atoms with Gasteiger partial charge in [0.05, 0.1) is 36.0 Å². The van der Waals surface area contributed by atoms with E-state index in [1.807, 2.05) is 0 Å². The topological polar surface area (TPSA) is 151 Å². The first-order valence-electron chi connectivity index (χ1n) is 12.7. The summed E-state index contributed by atoms with van der Waals surface area (Å²) < 4.78 is 76.6. The summed E-state index contributed by atoms with van der Waals surface area (Å²) in [5.74, 6) is -1.31. The van der Waals surface area contributed by atoms with Crippen molar-refractivity contribution in [2.24, 2.45) is 13.0 Å². The Hall–Kier alpha value is -3.53. The number of aliphatic hydroxyl groups excluding tert-OH is 1. The van der Waals surface area contributed by atoms with Crippen LogP contribution in [0.25, 0.3) is 0 Å². The zero-order valence-electron chi connectivity index (χ0n) is 22.9. The van der Waals surface area contributed by atoms with E-state index in [1.165, 1.54) is 59.4 Å². The molecule has 3 aromatic rings. The Morgan fingerprint density at radius 1 is 1.20 bits per heavy atom. The Bertz CT molecular complexity index is 1630. The molecule has 0 saturated carbocycles. The number of carbonyl (C=O) groups is 1. The predicted octanol–water partition coefficient (Wildman–Crippen LogP) is 1.90. The molecule has 41 heavy (non-hydrogen) atoms. The predicted molar refractivity (Wildman–Crippen MR) is 148 cm³/mol. The van der Waals surface area contributed by atoms with E-state index in [0.29, 0.717) is 0 Å². The lowest BCUT2D eigenvalue weighted by atomic mass is 9.99. The summed E-state index contributed by atoms with van der Waals surface area (Å²) in [4.78, 5) is 18.9. The minimum absolute atomic E-state index is 0.0347. The quantitative estimate of drug-likeness (QED) is 0.373. The third-order valence-corrected chi connectivity index (χ3v) is 9.94. The van der Waals surface area contributed by atoms with Crippen molar-refractivity contribution in [1.82, 2.24) is 18.8 Å². The van der Waals surface area contributed by atoms with Crippen LogP contribution in [0.1, 0.15) is 24.2 Å². The van der Waals surface area contributed by atoms with Gasteiger partial charge in [-0.05, 0) is 49.4 Å². The summed E-state index contributed by atoms with van der Waals surface area (Å²) >= 11 is 0. The van der Waals surface area contributed by atoms with Crippen molar-refractivity contribution in [2.45, 2.75) is 35.9 Å². The lowest BCUT2D eigenvalue weighted by Gasteiger charge is -2.38. The van der Waals surface area contributed by atoms with E-state index in [2.05, 4.69) is 9.71 Å². The van der Waals surface area contributed by atoms with E-state index in [-0.39, 0.29) is 52.5 Å². The first-order chi connectivity index (χ1) is 19.2. The zero-order chi connectivity index (χ0) is 30.1. The smallest absolute Gasteiger partial charge is 0.280 e. The van der Waals surface area contributed by atoms with Gasteiger partial charge in [0.1, 0.15) is 17.7 Å². The molecule has 0 aliphatic carbocycles. The molecule has 0 bridgehead atoms. The minimum Gasteiger partial charge on any atom is -0.488 e. The molecule has 0 saturated heterocycles. The fraction of sp³-hybridized carbons (Fsp3) is 0.385. The lowest BCUT2D eigenvalue weighted by Crippen LogP contribution is -2.50. The molecule has 15 heteroatoms. The number of sulfonamides is 2.